The van der Waals surface area contributed by atoms with Crippen molar-refractivity contribution in [3.63, 3.8) is 0 Å². The number of thioether (sulfide) groups is 1. The second-order valence-electron chi connectivity index (χ2n) is 3.55. The first-order chi connectivity index (χ1) is 9.55. The Morgan fingerprint density at radius 1 is 1.30 bits per heavy atom. The molecule has 0 radical (unpaired) electrons. The fraction of sp³-hybridized carbons (Fsp3) is 0.556. The van der Waals surface area contributed by atoms with Crippen molar-refractivity contribution in [2.24, 2.45) is 0 Å². The van der Waals surface area contributed by atoms with Crippen LogP contribution in [0.15, 0.2) is 5.16 Å². The predicted octanol–water partition coefficient (Wildman–Crippen LogP) is 0.715. The predicted molar refractivity (Wildman–Crippen MR) is 75.3 cm³/mol. The van der Waals surface area contributed by atoms with Crippen LogP contribution in [0.1, 0.15) is 13.8 Å². The van der Waals surface area contributed by atoms with E-state index in [1.165, 1.54) is 16.3 Å². The number of nitrogen functional groups attached to an aromatic ring is 1. The molecule has 0 atom stereocenters. The number of aromatic nitrogens is 5. The molecule has 9 nitrogen and oxygen atoms in total. The Morgan fingerprint density at radius 3 is 2.50 bits per heavy atom. The maximum atomic E-state index is 12.7. The number of nitrogens with zero attached hydrogens (tertiary/aromatic N) is 5. The molecule has 2 rings (SSSR count). The highest BCUT2D eigenvalue weighted by molar-refractivity contribution is 7.98. The van der Waals surface area contributed by atoms with Crippen molar-refractivity contribution in [1.82, 2.24) is 24.8 Å². The Labute approximate surface area is 119 Å². The average Bonchev–Trinajstić information content (AvgIpc) is 2.83. The maximum Gasteiger partial charge on any atom is 0.385 e. The minimum Gasteiger partial charge on any atom is -0.381 e. The van der Waals surface area contributed by atoms with Gasteiger partial charge in [-0.3, -0.25) is 4.57 Å². The number of hydrogen-bond donors (Lipinski definition) is 1. The van der Waals surface area contributed by atoms with Gasteiger partial charge in [0.2, 0.25) is 10.6 Å². The van der Waals surface area contributed by atoms with E-state index in [9.17, 15) is 4.57 Å². The van der Waals surface area contributed by atoms with E-state index in [1.54, 1.807) is 13.8 Å². The lowest BCUT2D eigenvalue weighted by molar-refractivity contribution is 0.229. The zero-order valence-corrected chi connectivity index (χ0v) is 13.0. The van der Waals surface area contributed by atoms with E-state index in [0.29, 0.717) is 5.16 Å². The molecule has 2 aromatic heterocycles. The highest BCUT2D eigenvalue weighted by Gasteiger charge is 2.33. The van der Waals surface area contributed by atoms with Crippen molar-refractivity contribution in [2.45, 2.75) is 19.0 Å². The van der Waals surface area contributed by atoms with Gasteiger partial charge >= 0.3 is 7.60 Å². The van der Waals surface area contributed by atoms with Gasteiger partial charge in [-0.2, -0.15) is 9.50 Å². The molecular weight excluding hydrogens is 303 g/mol. The monoisotopic (exact) mass is 318 g/mol. The summed E-state index contributed by atoms with van der Waals surface area (Å²) in [6, 6.07) is 0. The standard InChI is InChI=1S/C9H15N6O3PS/c1-4-17-19(16,18-5-2)7-6(10)15-8(13-12-7)11-9(14-15)20-3/h4-5,10H2,1-3H3. The summed E-state index contributed by atoms with van der Waals surface area (Å²) in [6.07, 6.45) is 1.82. The molecule has 11 heteroatoms. The minimum atomic E-state index is -3.61. The molecule has 0 bridgehead atoms. The third kappa shape index (κ3) is 2.64. The van der Waals surface area contributed by atoms with Gasteiger partial charge in [0.15, 0.2) is 5.82 Å². The molecule has 0 unspecified atom stereocenters. The topological polar surface area (TPSA) is 118 Å². The summed E-state index contributed by atoms with van der Waals surface area (Å²) in [7, 11) is -3.61. The molecule has 2 heterocycles. The molecule has 0 aromatic carbocycles. The normalized spacial score (nSPS) is 12.2. The molecule has 0 saturated heterocycles. The van der Waals surface area contributed by atoms with Gasteiger partial charge in [-0.1, -0.05) is 11.8 Å². The number of fused-ring (bicyclic) bond motifs is 1. The smallest absolute Gasteiger partial charge is 0.381 e. The third-order valence-electron chi connectivity index (χ3n) is 2.30. The fourth-order valence-corrected chi connectivity index (χ4v) is 3.40. The van der Waals surface area contributed by atoms with Crippen LogP contribution in [0, 0.1) is 0 Å². The number of hydrogen-bond acceptors (Lipinski definition) is 9. The molecule has 2 aromatic rings. The molecule has 110 valence electrons. The Kier molecular flexibility index (Phi) is 4.59. The van der Waals surface area contributed by atoms with E-state index >= 15 is 0 Å². The highest BCUT2D eigenvalue weighted by Crippen LogP contribution is 2.47. The van der Waals surface area contributed by atoms with Crippen LogP contribution >= 0.6 is 19.4 Å². The summed E-state index contributed by atoms with van der Waals surface area (Å²) in [5.41, 5.74) is 5.90. The molecule has 0 amide bonds. The lowest BCUT2D eigenvalue weighted by Crippen LogP contribution is -2.23. The summed E-state index contributed by atoms with van der Waals surface area (Å²) in [6.45, 7) is 3.80. The van der Waals surface area contributed by atoms with Gasteiger partial charge in [0.05, 0.1) is 13.2 Å². The zero-order valence-electron chi connectivity index (χ0n) is 11.3. The molecule has 0 spiro atoms. The molecular formula is C9H15N6O3PS. The third-order valence-corrected chi connectivity index (χ3v) is 4.87. The van der Waals surface area contributed by atoms with Crippen molar-refractivity contribution >= 4 is 36.4 Å². The maximum absolute atomic E-state index is 12.7. The summed E-state index contributed by atoms with van der Waals surface area (Å²) >= 11 is 1.34. The summed E-state index contributed by atoms with van der Waals surface area (Å²) in [4.78, 5) is 4.10. The van der Waals surface area contributed by atoms with E-state index < -0.39 is 7.60 Å². The summed E-state index contributed by atoms with van der Waals surface area (Å²) in [5.74, 6) is 0.281. The van der Waals surface area contributed by atoms with Gasteiger partial charge in [-0.25, -0.2) is 0 Å². The first-order valence-electron chi connectivity index (χ1n) is 5.88. The van der Waals surface area contributed by atoms with Crippen LogP contribution in [0.2, 0.25) is 0 Å². The van der Waals surface area contributed by atoms with Crippen LogP contribution in [0.3, 0.4) is 0 Å². The van der Waals surface area contributed by atoms with E-state index in [4.69, 9.17) is 14.8 Å². The van der Waals surface area contributed by atoms with E-state index in [-0.39, 0.29) is 30.2 Å². The van der Waals surface area contributed by atoms with Gasteiger partial charge in [0.1, 0.15) is 0 Å². The number of rotatable bonds is 6. The van der Waals surface area contributed by atoms with Crippen LogP contribution in [-0.4, -0.2) is 44.3 Å². The van der Waals surface area contributed by atoms with Crippen molar-refractivity contribution in [3.05, 3.63) is 0 Å². The molecule has 0 aliphatic carbocycles. The largest absolute Gasteiger partial charge is 0.385 e. The average molecular weight is 318 g/mol. The molecule has 0 aliphatic heterocycles. The molecule has 2 N–H and O–H groups in total. The highest BCUT2D eigenvalue weighted by atomic mass is 32.2. The van der Waals surface area contributed by atoms with E-state index in [0.717, 1.165) is 0 Å². The first-order valence-corrected chi connectivity index (χ1v) is 8.65. The van der Waals surface area contributed by atoms with Crippen molar-refractivity contribution in [1.29, 1.82) is 0 Å². The second kappa shape index (κ2) is 6.04. The minimum absolute atomic E-state index is 0.0491. The van der Waals surface area contributed by atoms with Gasteiger partial charge in [0.25, 0.3) is 5.78 Å². The van der Waals surface area contributed by atoms with Gasteiger partial charge in [-0.05, 0) is 20.1 Å². The van der Waals surface area contributed by atoms with Crippen LogP contribution in [-0.2, 0) is 13.6 Å². The van der Waals surface area contributed by atoms with Gasteiger partial charge in [0, 0.05) is 0 Å². The van der Waals surface area contributed by atoms with Crippen LogP contribution in [0.25, 0.3) is 5.78 Å². The van der Waals surface area contributed by atoms with E-state index in [2.05, 4.69) is 20.3 Å². The molecule has 0 fully saturated rings. The first kappa shape index (κ1) is 15.2. The number of anilines is 1. The van der Waals surface area contributed by atoms with Crippen molar-refractivity contribution in [3.8, 4) is 0 Å². The molecule has 20 heavy (non-hydrogen) atoms. The Morgan fingerprint density at radius 2 is 1.95 bits per heavy atom. The van der Waals surface area contributed by atoms with Gasteiger partial charge < -0.3 is 14.8 Å². The quantitative estimate of drug-likeness (QED) is 0.607. The van der Waals surface area contributed by atoms with Crippen LogP contribution in [0.5, 0.6) is 0 Å². The lowest BCUT2D eigenvalue weighted by Gasteiger charge is -2.16. The Balaban J connectivity index is 2.58. The summed E-state index contributed by atoms with van der Waals surface area (Å²) in [5, 5.41) is 12.3. The molecule has 0 saturated carbocycles. The Hall–Kier alpha value is -1.22. The van der Waals surface area contributed by atoms with Gasteiger partial charge in [-0.15, -0.1) is 15.3 Å². The lowest BCUT2D eigenvalue weighted by atomic mass is 10.7. The summed E-state index contributed by atoms with van der Waals surface area (Å²) < 4.78 is 24.3. The molecule has 0 aliphatic rings. The second-order valence-corrected chi connectivity index (χ2v) is 6.26. The number of nitrogens with two attached hydrogens (primary N) is 1. The van der Waals surface area contributed by atoms with Crippen LogP contribution < -0.4 is 11.2 Å². The van der Waals surface area contributed by atoms with Crippen molar-refractivity contribution < 1.29 is 13.6 Å². The van der Waals surface area contributed by atoms with E-state index in [1.807, 2.05) is 6.26 Å². The fourth-order valence-electron chi connectivity index (χ4n) is 1.53. The zero-order chi connectivity index (χ0) is 14.8. The SMILES string of the molecule is CCOP(=O)(OCC)c1nnc2nc(SC)nn2c1N. The van der Waals surface area contributed by atoms with Crippen molar-refractivity contribution in [2.75, 3.05) is 25.2 Å². The Bertz CT molecular complexity index is 652. The van der Waals surface area contributed by atoms with Crippen LogP contribution in [0.4, 0.5) is 5.82 Å².